The van der Waals surface area contributed by atoms with Gasteiger partial charge >= 0.3 is 0 Å². The van der Waals surface area contributed by atoms with E-state index in [9.17, 15) is 0 Å². The highest BCUT2D eigenvalue weighted by molar-refractivity contribution is 5.32. The molecule has 1 saturated heterocycles. The van der Waals surface area contributed by atoms with Crippen molar-refractivity contribution >= 4 is 5.95 Å². The second kappa shape index (κ2) is 5.84. The number of nitrogens with zero attached hydrogens (tertiary/aromatic N) is 3. The van der Waals surface area contributed by atoms with Crippen LogP contribution >= 0.6 is 0 Å². The molecule has 0 atom stereocenters. The molecule has 0 aromatic carbocycles. The van der Waals surface area contributed by atoms with Crippen LogP contribution in [0.4, 0.5) is 5.95 Å². The standard InChI is InChI=1S/C14H24N4O/c1-11-9-12(10-15-14(2,3)4)17-13(16-11)18-5-7-19-8-6-18/h9,15H,5-8,10H2,1-4H3. The summed E-state index contributed by atoms with van der Waals surface area (Å²) < 4.78 is 5.36. The van der Waals surface area contributed by atoms with Crippen LogP contribution in [0, 0.1) is 6.92 Å². The Morgan fingerprint density at radius 3 is 2.58 bits per heavy atom. The van der Waals surface area contributed by atoms with Crippen molar-refractivity contribution in [2.75, 3.05) is 31.2 Å². The van der Waals surface area contributed by atoms with Gasteiger partial charge in [-0.05, 0) is 33.8 Å². The number of anilines is 1. The zero-order chi connectivity index (χ0) is 13.9. The molecule has 1 fully saturated rings. The third kappa shape index (κ3) is 4.44. The number of aryl methyl sites for hydroxylation is 1. The van der Waals surface area contributed by atoms with Crippen LogP contribution in [0.15, 0.2) is 6.07 Å². The second-order valence-electron chi connectivity index (χ2n) is 6.00. The molecule has 5 nitrogen and oxygen atoms in total. The summed E-state index contributed by atoms with van der Waals surface area (Å²) >= 11 is 0. The zero-order valence-electron chi connectivity index (χ0n) is 12.4. The SMILES string of the molecule is Cc1cc(CNC(C)(C)C)nc(N2CCOCC2)n1. The maximum absolute atomic E-state index is 5.36. The van der Waals surface area contributed by atoms with Gasteiger partial charge in [-0.3, -0.25) is 0 Å². The predicted octanol–water partition coefficient (Wildman–Crippen LogP) is 1.51. The van der Waals surface area contributed by atoms with Crippen LogP contribution in [-0.2, 0) is 11.3 Å². The molecule has 5 heteroatoms. The molecule has 1 aromatic heterocycles. The largest absolute Gasteiger partial charge is 0.378 e. The number of hydrogen-bond donors (Lipinski definition) is 1. The molecule has 1 aromatic rings. The fourth-order valence-electron chi connectivity index (χ4n) is 1.97. The molecule has 0 saturated carbocycles. The fourth-order valence-corrected chi connectivity index (χ4v) is 1.97. The van der Waals surface area contributed by atoms with Gasteiger partial charge in [-0.1, -0.05) is 0 Å². The van der Waals surface area contributed by atoms with Gasteiger partial charge in [0, 0.05) is 30.9 Å². The number of ether oxygens (including phenoxy) is 1. The van der Waals surface area contributed by atoms with Crippen molar-refractivity contribution in [3.63, 3.8) is 0 Å². The van der Waals surface area contributed by atoms with Gasteiger partial charge in [-0.15, -0.1) is 0 Å². The number of hydrogen-bond acceptors (Lipinski definition) is 5. The van der Waals surface area contributed by atoms with Crippen molar-refractivity contribution in [2.45, 2.75) is 39.8 Å². The van der Waals surface area contributed by atoms with E-state index in [4.69, 9.17) is 4.74 Å². The van der Waals surface area contributed by atoms with E-state index < -0.39 is 0 Å². The molecule has 0 bridgehead atoms. The van der Waals surface area contributed by atoms with E-state index in [0.29, 0.717) is 0 Å². The number of rotatable bonds is 3. The molecule has 0 unspecified atom stereocenters. The molecular weight excluding hydrogens is 240 g/mol. The zero-order valence-corrected chi connectivity index (χ0v) is 12.4. The molecule has 2 heterocycles. The third-order valence-electron chi connectivity index (χ3n) is 2.99. The van der Waals surface area contributed by atoms with Crippen LogP contribution in [-0.4, -0.2) is 41.8 Å². The summed E-state index contributed by atoms with van der Waals surface area (Å²) in [7, 11) is 0. The van der Waals surface area contributed by atoms with E-state index in [0.717, 1.165) is 50.2 Å². The molecule has 0 radical (unpaired) electrons. The smallest absolute Gasteiger partial charge is 0.225 e. The van der Waals surface area contributed by atoms with Gasteiger partial charge < -0.3 is 15.0 Å². The Labute approximate surface area is 115 Å². The lowest BCUT2D eigenvalue weighted by Gasteiger charge is -2.27. The quantitative estimate of drug-likeness (QED) is 0.897. The summed E-state index contributed by atoms with van der Waals surface area (Å²) in [6.45, 7) is 12.5. The van der Waals surface area contributed by atoms with Crippen LogP contribution < -0.4 is 10.2 Å². The minimum atomic E-state index is 0.0952. The van der Waals surface area contributed by atoms with Gasteiger partial charge in [0.2, 0.25) is 5.95 Å². The summed E-state index contributed by atoms with van der Waals surface area (Å²) in [6.07, 6.45) is 0. The molecule has 1 N–H and O–H groups in total. The van der Waals surface area contributed by atoms with Crippen LogP contribution in [0.3, 0.4) is 0 Å². The van der Waals surface area contributed by atoms with Gasteiger partial charge in [-0.25, -0.2) is 9.97 Å². The van der Waals surface area contributed by atoms with Crippen LogP contribution in [0.25, 0.3) is 0 Å². The summed E-state index contributed by atoms with van der Waals surface area (Å²) in [4.78, 5) is 11.4. The number of nitrogens with one attached hydrogen (secondary N) is 1. The van der Waals surface area contributed by atoms with Crippen LogP contribution in [0.5, 0.6) is 0 Å². The lowest BCUT2D eigenvalue weighted by molar-refractivity contribution is 0.122. The Kier molecular flexibility index (Phi) is 4.37. The van der Waals surface area contributed by atoms with Gasteiger partial charge in [-0.2, -0.15) is 0 Å². The fraction of sp³-hybridized carbons (Fsp3) is 0.714. The predicted molar refractivity (Wildman–Crippen MR) is 76.4 cm³/mol. The lowest BCUT2D eigenvalue weighted by atomic mass is 10.1. The molecular formula is C14H24N4O. The minimum Gasteiger partial charge on any atom is -0.378 e. The van der Waals surface area contributed by atoms with Crippen LogP contribution in [0.1, 0.15) is 32.2 Å². The third-order valence-corrected chi connectivity index (χ3v) is 2.99. The first kappa shape index (κ1) is 14.2. The van der Waals surface area contributed by atoms with Crippen LogP contribution in [0.2, 0.25) is 0 Å². The van der Waals surface area contributed by atoms with Gasteiger partial charge in [0.25, 0.3) is 0 Å². The van der Waals surface area contributed by atoms with E-state index in [1.165, 1.54) is 0 Å². The van der Waals surface area contributed by atoms with Crippen molar-refractivity contribution in [3.05, 3.63) is 17.5 Å². The van der Waals surface area contributed by atoms with Gasteiger partial charge in [0.15, 0.2) is 0 Å². The summed E-state index contributed by atoms with van der Waals surface area (Å²) in [5.41, 5.74) is 2.16. The highest BCUT2D eigenvalue weighted by Gasteiger charge is 2.15. The Bertz CT molecular complexity index is 422. The summed E-state index contributed by atoms with van der Waals surface area (Å²) in [5, 5.41) is 3.46. The average molecular weight is 264 g/mol. The van der Waals surface area contributed by atoms with E-state index in [-0.39, 0.29) is 5.54 Å². The van der Waals surface area contributed by atoms with E-state index in [1.807, 2.05) is 13.0 Å². The van der Waals surface area contributed by atoms with Crippen molar-refractivity contribution in [1.29, 1.82) is 0 Å². The Morgan fingerprint density at radius 1 is 1.26 bits per heavy atom. The molecule has 1 aliphatic rings. The number of aromatic nitrogens is 2. The molecule has 1 aliphatic heterocycles. The maximum atomic E-state index is 5.36. The Hall–Kier alpha value is -1.20. The van der Waals surface area contributed by atoms with Crippen molar-refractivity contribution in [2.24, 2.45) is 0 Å². The second-order valence-corrected chi connectivity index (χ2v) is 6.00. The van der Waals surface area contributed by atoms with E-state index in [1.54, 1.807) is 0 Å². The number of morpholine rings is 1. The Morgan fingerprint density at radius 2 is 1.95 bits per heavy atom. The normalized spacial score (nSPS) is 16.7. The first-order chi connectivity index (χ1) is 8.94. The van der Waals surface area contributed by atoms with E-state index in [2.05, 4.69) is 41.0 Å². The van der Waals surface area contributed by atoms with Crippen molar-refractivity contribution in [1.82, 2.24) is 15.3 Å². The highest BCUT2D eigenvalue weighted by atomic mass is 16.5. The Balaban J connectivity index is 2.10. The average Bonchev–Trinajstić information content (AvgIpc) is 2.36. The minimum absolute atomic E-state index is 0.0952. The van der Waals surface area contributed by atoms with Crippen molar-refractivity contribution < 1.29 is 4.74 Å². The first-order valence-electron chi connectivity index (χ1n) is 6.86. The molecule has 0 spiro atoms. The first-order valence-corrected chi connectivity index (χ1v) is 6.86. The molecule has 0 amide bonds. The molecule has 0 aliphatic carbocycles. The van der Waals surface area contributed by atoms with Gasteiger partial charge in [0.1, 0.15) is 0 Å². The maximum Gasteiger partial charge on any atom is 0.225 e. The van der Waals surface area contributed by atoms with Gasteiger partial charge in [0.05, 0.1) is 18.9 Å². The van der Waals surface area contributed by atoms with E-state index >= 15 is 0 Å². The molecule has 2 rings (SSSR count). The highest BCUT2D eigenvalue weighted by Crippen LogP contribution is 2.13. The molecule has 106 valence electrons. The lowest BCUT2D eigenvalue weighted by Crippen LogP contribution is -2.38. The summed E-state index contributed by atoms with van der Waals surface area (Å²) in [6, 6.07) is 2.04. The van der Waals surface area contributed by atoms with Crippen molar-refractivity contribution in [3.8, 4) is 0 Å². The topological polar surface area (TPSA) is 50.3 Å². The monoisotopic (exact) mass is 264 g/mol. The molecule has 19 heavy (non-hydrogen) atoms. The summed E-state index contributed by atoms with van der Waals surface area (Å²) in [5.74, 6) is 0.828.